The van der Waals surface area contributed by atoms with E-state index in [1.54, 1.807) is 30.3 Å². The summed E-state index contributed by atoms with van der Waals surface area (Å²) >= 11 is 0. The number of hydrogen-bond donors (Lipinski definition) is 4. The molecule has 6 heteroatoms. The van der Waals surface area contributed by atoms with Gasteiger partial charge in [-0.05, 0) is 46.7 Å². The van der Waals surface area contributed by atoms with Crippen LogP contribution in [-0.4, -0.2) is 26.4 Å². The molecule has 0 fully saturated rings. The Bertz CT molecular complexity index is 1530. The molecule has 152 valence electrons. The van der Waals surface area contributed by atoms with Crippen molar-refractivity contribution in [2.45, 2.75) is 0 Å². The molecule has 0 radical (unpaired) electrons. The third-order valence-corrected chi connectivity index (χ3v) is 5.47. The van der Waals surface area contributed by atoms with Crippen molar-refractivity contribution in [1.29, 1.82) is 0 Å². The molecule has 4 aromatic carbocycles. The number of carboxylic acid groups (broad SMARTS) is 1. The van der Waals surface area contributed by atoms with Crippen molar-refractivity contribution in [1.82, 2.24) is 0 Å². The van der Waals surface area contributed by atoms with Gasteiger partial charge in [-0.1, -0.05) is 36.9 Å². The van der Waals surface area contributed by atoms with E-state index in [1.165, 1.54) is 12.1 Å². The van der Waals surface area contributed by atoms with Crippen LogP contribution in [0.5, 0.6) is 28.7 Å². The summed E-state index contributed by atoms with van der Waals surface area (Å²) in [6.45, 7) is 3.78. The third-order valence-electron chi connectivity index (χ3n) is 5.47. The van der Waals surface area contributed by atoms with Crippen molar-refractivity contribution in [3.05, 3.63) is 87.8 Å². The molecule has 0 aromatic heterocycles. The zero-order valence-corrected chi connectivity index (χ0v) is 16.1. The summed E-state index contributed by atoms with van der Waals surface area (Å²) in [5, 5.41) is 42.8. The summed E-state index contributed by atoms with van der Waals surface area (Å²) in [6.07, 6.45) is 0. The molecule has 0 bridgehead atoms. The third kappa shape index (κ3) is 2.69. The van der Waals surface area contributed by atoms with Crippen molar-refractivity contribution >= 4 is 28.9 Å². The highest BCUT2D eigenvalue weighted by Crippen LogP contribution is 2.47. The van der Waals surface area contributed by atoms with Crippen LogP contribution in [0, 0.1) is 0 Å². The predicted octanol–water partition coefficient (Wildman–Crippen LogP) is 3.42. The lowest BCUT2D eigenvalue weighted by molar-refractivity contribution is 0.0699. The topological polar surface area (TPSA) is 107 Å². The van der Waals surface area contributed by atoms with Gasteiger partial charge in [0.2, 0.25) is 5.75 Å². The van der Waals surface area contributed by atoms with Crippen molar-refractivity contribution in [3.63, 3.8) is 0 Å². The Hall–Kier alpha value is -4.45. The first kappa shape index (κ1) is 18.6. The lowest BCUT2D eigenvalue weighted by Gasteiger charge is -2.23. The molecule has 0 amide bonds. The molecule has 0 spiro atoms. The van der Waals surface area contributed by atoms with Gasteiger partial charge in [-0.3, -0.25) is 0 Å². The summed E-state index contributed by atoms with van der Waals surface area (Å²) in [5.41, 5.74) is 1.93. The first-order valence-corrected chi connectivity index (χ1v) is 9.41. The van der Waals surface area contributed by atoms with Gasteiger partial charge >= 0.3 is 5.97 Å². The average molecular weight is 412 g/mol. The number of hydrogen-bond acceptors (Lipinski definition) is 5. The second kappa shape index (κ2) is 6.53. The fraction of sp³-hybridized carbons (Fsp3) is 0. The van der Waals surface area contributed by atoms with Crippen LogP contribution in [0.15, 0.2) is 60.7 Å². The van der Waals surface area contributed by atoms with Crippen LogP contribution in [0.2, 0.25) is 0 Å². The minimum absolute atomic E-state index is 0.00461. The Kier molecular flexibility index (Phi) is 3.91. The van der Waals surface area contributed by atoms with Crippen molar-refractivity contribution in [2.75, 3.05) is 0 Å². The van der Waals surface area contributed by atoms with E-state index in [-0.39, 0.29) is 28.6 Å². The summed E-state index contributed by atoms with van der Waals surface area (Å²) in [7, 11) is 0. The maximum absolute atomic E-state index is 11.7. The van der Waals surface area contributed by atoms with Crippen LogP contribution in [0.25, 0.3) is 22.9 Å². The normalized spacial score (nSPS) is 12.2. The fourth-order valence-corrected chi connectivity index (χ4v) is 3.95. The number of carboxylic acids is 1. The standard InChI is InChI=1S/C25H16O6/c1-12-5-8-16-20(14-7-6-13-3-2-4-15(25(29)30)18(13)11-14)17-9-10-19(26)22(28)24(17)31-23(16)21(12)27/h2-11,26-28H,1H2,(H,29,30). The first-order chi connectivity index (χ1) is 14.9. The van der Waals surface area contributed by atoms with E-state index in [4.69, 9.17) is 4.74 Å². The quantitative estimate of drug-likeness (QED) is 0.331. The SMILES string of the molecule is C=c1ccc2c(c1O)Oc1c(ccc(O)c1O)C=2c1ccc2cccc(C(=O)O)c2c1. The number of aromatic hydroxyl groups is 3. The Morgan fingerprint density at radius 2 is 1.68 bits per heavy atom. The van der Waals surface area contributed by atoms with Crippen LogP contribution in [0.3, 0.4) is 0 Å². The zero-order chi connectivity index (χ0) is 21.9. The molecule has 1 aliphatic heterocycles. The van der Waals surface area contributed by atoms with E-state index < -0.39 is 11.7 Å². The fourth-order valence-electron chi connectivity index (χ4n) is 3.95. The number of rotatable bonds is 2. The second-order valence-electron chi connectivity index (χ2n) is 7.28. The van der Waals surface area contributed by atoms with E-state index in [1.807, 2.05) is 18.2 Å². The van der Waals surface area contributed by atoms with E-state index >= 15 is 0 Å². The molecule has 0 saturated heterocycles. The number of aromatic carboxylic acids is 1. The van der Waals surface area contributed by atoms with Gasteiger partial charge in [0.1, 0.15) is 0 Å². The number of fused-ring (bicyclic) bond motifs is 3. The van der Waals surface area contributed by atoms with Crippen LogP contribution in [-0.2, 0) is 0 Å². The highest BCUT2D eigenvalue weighted by Gasteiger charge is 2.27. The summed E-state index contributed by atoms with van der Waals surface area (Å²) in [4.78, 5) is 11.7. The van der Waals surface area contributed by atoms with Gasteiger partial charge in [-0.25, -0.2) is 4.79 Å². The van der Waals surface area contributed by atoms with Crippen LogP contribution >= 0.6 is 0 Å². The average Bonchev–Trinajstić information content (AvgIpc) is 2.77. The number of benzene rings is 4. The Morgan fingerprint density at radius 3 is 2.45 bits per heavy atom. The molecule has 0 atom stereocenters. The van der Waals surface area contributed by atoms with Crippen molar-refractivity contribution in [2.24, 2.45) is 0 Å². The van der Waals surface area contributed by atoms with E-state index in [0.29, 0.717) is 32.5 Å². The molecule has 6 nitrogen and oxygen atoms in total. The maximum atomic E-state index is 11.7. The minimum Gasteiger partial charge on any atom is -0.504 e. The maximum Gasteiger partial charge on any atom is 0.336 e. The van der Waals surface area contributed by atoms with Gasteiger partial charge in [-0.2, -0.15) is 0 Å². The van der Waals surface area contributed by atoms with Crippen molar-refractivity contribution in [3.8, 4) is 28.7 Å². The highest BCUT2D eigenvalue weighted by atomic mass is 16.5. The van der Waals surface area contributed by atoms with Gasteiger partial charge in [0, 0.05) is 21.6 Å². The highest BCUT2D eigenvalue weighted by molar-refractivity contribution is 6.05. The number of phenolic OH excluding ortho intramolecular Hbond substituents is 3. The monoisotopic (exact) mass is 412 g/mol. The molecular formula is C25H16O6. The zero-order valence-electron chi connectivity index (χ0n) is 16.1. The van der Waals surface area contributed by atoms with Crippen LogP contribution in [0.4, 0.5) is 0 Å². The first-order valence-electron chi connectivity index (χ1n) is 9.41. The lowest BCUT2D eigenvalue weighted by Crippen LogP contribution is -2.20. The Balaban J connectivity index is 1.93. The van der Waals surface area contributed by atoms with Crippen LogP contribution in [0.1, 0.15) is 21.5 Å². The molecule has 4 N–H and O–H groups in total. The van der Waals surface area contributed by atoms with Gasteiger partial charge in [0.15, 0.2) is 23.0 Å². The smallest absolute Gasteiger partial charge is 0.336 e. The number of carbonyl (C=O) groups is 1. The molecular weight excluding hydrogens is 396 g/mol. The summed E-state index contributed by atoms with van der Waals surface area (Å²) in [5.74, 6) is -1.95. The molecule has 0 aliphatic carbocycles. The molecule has 1 heterocycles. The van der Waals surface area contributed by atoms with Gasteiger partial charge in [-0.15, -0.1) is 0 Å². The predicted molar refractivity (Wildman–Crippen MR) is 115 cm³/mol. The molecule has 5 rings (SSSR count). The van der Waals surface area contributed by atoms with E-state index in [9.17, 15) is 25.2 Å². The van der Waals surface area contributed by atoms with E-state index in [2.05, 4.69) is 6.58 Å². The molecule has 31 heavy (non-hydrogen) atoms. The Morgan fingerprint density at radius 1 is 0.871 bits per heavy atom. The van der Waals surface area contributed by atoms with Gasteiger partial charge < -0.3 is 25.2 Å². The van der Waals surface area contributed by atoms with Gasteiger partial charge in [0.05, 0.1) is 5.56 Å². The minimum atomic E-state index is -1.04. The molecule has 4 aromatic rings. The van der Waals surface area contributed by atoms with Crippen molar-refractivity contribution < 1.29 is 30.0 Å². The molecule has 0 unspecified atom stereocenters. The largest absolute Gasteiger partial charge is 0.504 e. The lowest BCUT2D eigenvalue weighted by atomic mass is 9.90. The summed E-state index contributed by atoms with van der Waals surface area (Å²) in [6, 6.07) is 16.8. The van der Waals surface area contributed by atoms with Crippen LogP contribution < -0.4 is 15.2 Å². The number of phenols is 3. The number of ether oxygens (including phenoxy) is 1. The molecule has 0 saturated carbocycles. The van der Waals surface area contributed by atoms with E-state index in [0.717, 1.165) is 5.39 Å². The molecule has 1 aliphatic rings. The second-order valence-corrected chi connectivity index (χ2v) is 7.28. The van der Waals surface area contributed by atoms with Gasteiger partial charge in [0.25, 0.3) is 0 Å². The Labute approximate surface area is 175 Å². The summed E-state index contributed by atoms with van der Waals surface area (Å²) < 4.78 is 5.79.